The first-order valence-electron chi connectivity index (χ1n) is 9.23. The van der Waals surface area contributed by atoms with Crippen LogP contribution in [0.2, 0.25) is 10.0 Å². The number of hydrogen-bond donors (Lipinski definition) is 0. The van der Waals surface area contributed by atoms with Crippen LogP contribution in [0.3, 0.4) is 0 Å². The summed E-state index contributed by atoms with van der Waals surface area (Å²) >= 11 is 11.9. The molecule has 0 N–H and O–H groups in total. The van der Waals surface area contributed by atoms with Gasteiger partial charge in [-0.25, -0.2) is 4.79 Å². The lowest BCUT2D eigenvalue weighted by atomic mass is 10.0. The largest absolute Gasteiger partial charge is 0.401 e. The number of carbonyl (C=O) groups is 1. The predicted molar refractivity (Wildman–Crippen MR) is 120 cm³/mol. The highest BCUT2D eigenvalue weighted by Gasteiger charge is 2.32. The van der Waals surface area contributed by atoms with Crippen molar-refractivity contribution in [1.82, 2.24) is 0 Å². The first-order valence-corrected chi connectivity index (χ1v) is 11.6. The van der Waals surface area contributed by atoms with Crippen molar-refractivity contribution < 1.29 is 13.9 Å². The Kier molecular flexibility index (Phi) is 6.85. The van der Waals surface area contributed by atoms with Gasteiger partial charge in [-0.2, -0.15) is 0 Å². The minimum absolute atomic E-state index is 0.348. The van der Waals surface area contributed by atoms with E-state index in [2.05, 4.69) is 13.8 Å². The summed E-state index contributed by atoms with van der Waals surface area (Å²) < 4.78 is 19.5. The van der Waals surface area contributed by atoms with Crippen molar-refractivity contribution in [2.75, 3.05) is 0 Å². The van der Waals surface area contributed by atoms with Crippen LogP contribution in [0.25, 0.3) is 0 Å². The number of rotatable bonds is 6. The quantitative estimate of drug-likeness (QED) is 0.418. The van der Waals surface area contributed by atoms with Gasteiger partial charge in [-0.05, 0) is 78.6 Å². The monoisotopic (exact) mass is 446 g/mol. The third kappa shape index (κ3) is 5.30. The average Bonchev–Trinajstić information content (AvgIpc) is 2.69. The summed E-state index contributed by atoms with van der Waals surface area (Å²) in [4.78, 5) is 12.8. The van der Waals surface area contributed by atoms with Gasteiger partial charge in [-0.15, -0.1) is 0 Å². The van der Waals surface area contributed by atoms with Gasteiger partial charge in [0.25, 0.3) is 0 Å². The van der Waals surface area contributed by atoms with Crippen LogP contribution >= 0.6 is 30.6 Å². The van der Waals surface area contributed by atoms with E-state index in [1.807, 2.05) is 12.1 Å². The Morgan fingerprint density at radius 1 is 0.828 bits per heavy atom. The molecule has 3 rings (SSSR count). The van der Waals surface area contributed by atoms with Crippen LogP contribution in [0, 0.1) is 5.92 Å². The Balaban J connectivity index is 1.94. The number of benzene rings is 3. The van der Waals surface area contributed by atoms with Crippen LogP contribution in [0.15, 0.2) is 72.8 Å². The highest BCUT2D eigenvalue weighted by molar-refractivity contribution is 7.74. The summed E-state index contributed by atoms with van der Waals surface area (Å²) in [6, 6.07) is 20.1. The van der Waals surface area contributed by atoms with E-state index in [4.69, 9.17) is 27.7 Å². The zero-order valence-electron chi connectivity index (χ0n) is 16.1. The molecule has 0 bridgehead atoms. The van der Waals surface area contributed by atoms with Crippen LogP contribution in [-0.4, -0.2) is 5.97 Å². The summed E-state index contributed by atoms with van der Waals surface area (Å²) in [6.45, 7) is 4.27. The van der Waals surface area contributed by atoms with Gasteiger partial charge in [-0.3, -0.25) is 4.57 Å². The molecule has 0 spiro atoms. The van der Waals surface area contributed by atoms with E-state index in [1.54, 1.807) is 60.7 Å². The number of hydrogen-bond acceptors (Lipinski definition) is 3. The minimum Gasteiger partial charge on any atom is -0.401 e. The summed E-state index contributed by atoms with van der Waals surface area (Å²) in [5.74, 6) is -0.128. The molecule has 3 aromatic carbocycles. The molecule has 0 aromatic heterocycles. The first-order chi connectivity index (χ1) is 13.8. The van der Waals surface area contributed by atoms with E-state index in [9.17, 15) is 9.36 Å². The van der Waals surface area contributed by atoms with E-state index >= 15 is 0 Å². The Morgan fingerprint density at radius 2 is 1.28 bits per heavy atom. The molecule has 0 aliphatic carbocycles. The second-order valence-electron chi connectivity index (χ2n) is 7.18. The molecule has 0 amide bonds. The molecule has 6 heteroatoms. The fourth-order valence-corrected chi connectivity index (χ4v) is 5.13. The third-order valence-corrected chi connectivity index (χ3v) is 7.26. The second kappa shape index (κ2) is 9.17. The molecule has 0 heterocycles. The SMILES string of the molecule is CC(C)Cc1ccc(C(=O)OP(=O)(c2ccc(Cl)cc2)c2ccc(Cl)cc2)cc1. The summed E-state index contributed by atoms with van der Waals surface area (Å²) in [6.07, 6.45) is 0.920. The second-order valence-corrected chi connectivity index (χ2v) is 10.4. The number of carbonyl (C=O) groups excluding carboxylic acids is 1. The van der Waals surface area contributed by atoms with Crippen LogP contribution in [0.4, 0.5) is 0 Å². The molecule has 0 unspecified atom stereocenters. The minimum atomic E-state index is -3.69. The molecule has 0 aliphatic heterocycles. The molecule has 0 saturated heterocycles. The van der Waals surface area contributed by atoms with E-state index in [1.165, 1.54) is 0 Å². The molecule has 29 heavy (non-hydrogen) atoms. The smallest absolute Gasteiger partial charge is 0.343 e. The van der Waals surface area contributed by atoms with Crippen LogP contribution in [-0.2, 0) is 15.5 Å². The standard InChI is InChI=1S/C23H21Cl2O3P/c1-16(2)15-17-3-5-18(6-4-17)23(26)28-29(27,21-11-7-19(24)8-12-21)22-13-9-20(25)10-14-22/h3-14,16H,15H2,1-2H3. The van der Waals surface area contributed by atoms with Gasteiger partial charge in [0, 0.05) is 10.0 Å². The summed E-state index contributed by atoms with van der Waals surface area (Å²) in [5, 5.41) is 1.77. The lowest BCUT2D eigenvalue weighted by molar-refractivity contribution is 0.0747. The molecule has 150 valence electrons. The van der Waals surface area contributed by atoms with Gasteiger partial charge in [0.1, 0.15) is 0 Å². The maximum absolute atomic E-state index is 13.9. The Bertz CT molecular complexity index is 978. The molecular formula is C23H21Cl2O3P. The van der Waals surface area contributed by atoms with Crippen LogP contribution < -0.4 is 10.6 Å². The molecule has 3 nitrogen and oxygen atoms in total. The number of halogens is 2. The average molecular weight is 447 g/mol. The summed E-state index contributed by atoms with van der Waals surface area (Å²) in [5.41, 5.74) is 1.48. The van der Waals surface area contributed by atoms with Gasteiger partial charge in [0.2, 0.25) is 0 Å². The lowest BCUT2D eigenvalue weighted by Crippen LogP contribution is -2.21. The van der Waals surface area contributed by atoms with Crippen LogP contribution in [0.5, 0.6) is 0 Å². The normalized spacial score (nSPS) is 11.5. The molecule has 0 atom stereocenters. The highest BCUT2D eigenvalue weighted by Crippen LogP contribution is 2.45. The lowest BCUT2D eigenvalue weighted by Gasteiger charge is -2.19. The summed E-state index contributed by atoms with van der Waals surface area (Å²) in [7, 11) is -3.69. The van der Waals surface area contributed by atoms with Crippen molar-refractivity contribution in [1.29, 1.82) is 0 Å². The van der Waals surface area contributed by atoms with Crippen molar-refractivity contribution in [3.63, 3.8) is 0 Å². The van der Waals surface area contributed by atoms with Crippen molar-refractivity contribution in [2.45, 2.75) is 20.3 Å². The Hall–Kier alpha value is -2.06. The molecule has 0 radical (unpaired) electrons. The topological polar surface area (TPSA) is 43.4 Å². The molecular weight excluding hydrogens is 426 g/mol. The van der Waals surface area contributed by atoms with E-state index in [-0.39, 0.29) is 0 Å². The fraction of sp³-hybridized carbons (Fsp3) is 0.174. The molecule has 0 saturated carbocycles. The van der Waals surface area contributed by atoms with Gasteiger partial charge in [0.05, 0.1) is 16.2 Å². The Labute approximate surface area is 181 Å². The van der Waals surface area contributed by atoms with E-state index in [0.29, 0.717) is 32.1 Å². The third-order valence-electron chi connectivity index (χ3n) is 4.38. The Morgan fingerprint density at radius 3 is 1.69 bits per heavy atom. The van der Waals surface area contributed by atoms with E-state index in [0.717, 1.165) is 12.0 Å². The van der Waals surface area contributed by atoms with Crippen molar-refractivity contribution in [2.24, 2.45) is 5.92 Å². The first kappa shape index (κ1) is 21.6. The van der Waals surface area contributed by atoms with Gasteiger partial charge < -0.3 is 4.52 Å². The maximum Gasteiger partial charge on any atom is 0.343 e. The van der Waals surface area contributed by atoms with Crippen molar-refractivity contribution in [3.05, 3.63) is 94.0 Å². The zero-order valence-corrected chi connectivity index (χ0v) is 18.5. The van der Waals surface area contributed by atoms with Gasteiger partial charge >= 0.3 is 13.3 Å². The highest BCUT2D eigenvalue weighted by atomic mass is 35.5. The predicted octanol–water partition coefficient (Wildman–Crippen LogP) is 6.28. The molecule has 0 fully saturated rings. The van der Waals surface area contributed by atoms with Crippen molar-refractivity contribution in [3.8, 4) is 0 Å². The molecule has 3 aromatic rings. The van der Waals surface area contributed by atoms with E-state index < -0.39 is 13.3 Å². The van der Waals surface area contributed by atoms with Crippen LogP contribution in [0.1, 0.15) is 29.8 Å². The maximum atomic E-state index is 13.9. The van der Waals surface area contributed by atoms with Crippen molar-refractivity contribution >= 4 is 47.1 Å². The fourth-order valence-electron chi connectivity index (χ4n) is 2.95. The van der Waals surface area contributed by atoms with Gasteiger partial charge in [-0.1, -0.05) is 49.2 Å². The molecule has 0 aliphatic rings. The van der Waals surface area contributed by atoms with Gasteiger partial charge in [0.15, 0.2) is 0 Å². The zero-order chi connectivity index (χ0) is 21.0.